The molecule has 0 saturated heterocycles. The summed E-state index contributed by atoms with van der Waals surface area (Å²) in [5.74, 6) is 0. The molecule has 0 aliphatic carbocycles. The van der Waals surface area contributed by atoms with E-state index >= 15 is 0 Å². The Morgan fingerprint density at radius 2 is 0.200 bits per heavy atom. The van der Waals surface area contributed by atoms with Gasteiger partial charge in [-0.05, 0) is 0 Å². The Kier molecular flexibility index (Phi) is 141. The Hall–Kier alpha value is 10.2. The molecule has 35 heteroatoms. The van der Waals surface area contributed by atoms with E-state index in [4.69, 9.17) is 80.2 Å². The SMILES string of the molecule is O=[Se](=O)([O-])[O-].O=[Se](=O)([O-])[O-].O=[Se](=O)([O-])[O-].O=[Se](=O)([O-])[O-].O=[Se](=O)([O-])[O-].[Na+].[Na+].[Na+].[Na+].[Na+].[Na+].[Na+].[Na+].[Na+].[Na+]. The molecule has 0 aliphatic rings. The van der Waals surface area contributed by atoms with Gasteiger partial charge in [-0.1, -0.05) is 0 Å². The summed E-state index contributed by atoms with van der Waals surface area (Å²) < 4.78 is 172. The van der Waals surface area contributed by atoms with E-state index in [9.17, 15) is 0 Å². The Bertz CT molecular complexity index is 638. The van der Waals surface area contributed by atoms with E-state index in [-0.39, 0.29) is 296 Å². The zero-order valence-corrected chi connectivity index (χ0v) is 48.8. The van der Waals surface area contributed by atoms with E-state index in [1.165, 1.54) is 0 Å². The first kappa shape index (κ1) is 96.8. The van der Waals surface area contributed by atoms with Gasteiger partial charge in [0, 0.05) is 0 Å². The van der Waals surface area contributed by atoms with Gasteiger partial charge in [0.2, 0.25) is 0 Å². The summed E-state index contributed by atoms with van der Waals surface area (Å²) in [5.41, 5.74) is 0. The van der Waals surface area contributed by atoms with Gasteiger partial charge in [-0.15, -0.1) is 0 Å². The average molecular weight is 945 g/mol. The van der Waals surface area contributed by atoms with Crippen LogP contribution < -0.4 is 337 Å². The van der Waals surface area contributed by atoms with Gasteiger partial charge in [0.05, 0.1) is 0 Å². The van der Waals surface area contributed by atoms with Crippen LogP contribution >= 0.6 is 0 Å². The molecule has 0 radical (unpaired) electrons. The van der Waals surface area contributed by atoms with Gasteiger partial charge in [-0.25, -0.2) is 0 Å². The van der Waals surface area contributed by atoms with Crippen molar-refractivity contribution in [2.24, 2.45) is 0 Å². The minimum Gasteiger partial charge on any atom is 1.00 e. The van der Waals surface area contributed by atoms with Crippen LogP contribution in [-0.4, -0.2) is 66.8 Å². The molecule has 0 spiro atoms. The molecule has 0 atom stereocenters. The second-order valence-corrected chi connectivity index (χ2v) is 10.6. The molecule has 0 unspecified atom stereocenters. The van der Waals surface area contributed by atoms with E-state index in [1.807, 2.05) is 0 Å². The van der Waals surface area contributed by atoms with Crippen LogP contribution in [0.5, 0.6) is 0 Å². The molecule has 0 bridgehead atoms. The predicted molar refractivity (Wildman–Crippen MR) is 35.6 cm³/mol. The van der Waals surface area contributed by atoms with Crippen molar-refractivity contribution in [1.82, 2.24) is 0 Å². The fourth-order valence-electron chi connectivity index (χ4n) is 0. The standard InChI is InChI=1S/10Na.5H2O4Se/c;;;;;;;;;;5*1-5(2,3)4/h;;;;;;;;;;5*(H2,1,2,3,4)/q10*+1;;;;;/p-10. The third kappa shape index (κ3) is 757. The minimum absolute atomic E-state index is 0. The Labute approximate surface area is 430 Å². The molecule has 0 heterocycles. The molecule has 0 aliphatic heterocycles. The molecule has 35 heavy (non-hydrogen) atoms. The molecule has 0 aromatic carbocycles. The Morgan fingerprint density at radius 1 is 0.200 bits per heavy atom. The van der Waals surface area contributed by atoms with Crippen molar-refractivity contribution in [2.45, 2.75) is 0 Å². The molecular formula is Na10O20Se5. The Morgan fingerprint density at radius 3 is 0.200 bits per heavy atom. The largest absolute Gasteiger partial charge is 1.00 e. The van der Waals surface area contributed by atoms with Crippen LogP contribution in [0.25, 0.3) is 0 Å². The van der Waals surface area contributed by atoms with Gasteiger partial charge in [0.25, 0.3) is 0 Å². The molecule has 0 amide bonds. The summed E-state index contributed by atoms with van der Waals surface area (Å²) in [6.07, 6.45) is 0. The maximum Gasteiger partial charge on any atom is 1.00 e. The van der Waals surface area contributed by atoms with Gasteiger partial charge in [-0.2, -0.15) is 0 Å². The quantitative estimate of drug-likeness (QED) is 0.203. The van der Waals surface area contributed by atoms with Crippen LogP contribution in [0.1, 0.15) is 0 Å². The third-order valence-corrected chi connectivity index (χ3v) is 0. The number of hydrogen-bond donors (Lipinski definition) is 0. The molecule has 0 saturated carbocycles. The summed E-state index contributed by atoms with van der Waals surface area (Å²) >= 11 is -28.8. The smallest absolute Gasteiger partial charge is 1.00 e. The average Bonchev–Trinajstić information content (AvgIpc) is 1.79. The van der Waals surface area contributed by atoms with Crippen molar-refractivity contribution in [3.63, 3.8) is 0 Å². The van der Waals surface area contributed by atoms with Gasteiger partial charge in [0.1, 0.15) is 0 Å². The summed E-state index contributed by atoms with van der Waals surface area (Å²) in [6.45, 7) is 0. The van der Waals surface area contributed by atoms with Crippen molar-refractivity contribution >= 4 is 66.8 Å². The number of hydrogen-bond acceptors (Lipinski definition) is 20. The van der Waals surface area contributed by atoms with E-state index in [0.29, 0.717) is 0 Å². The van der Waals surface area contributed by atoms with Gasteiger partial charge in [0.15, 0.2) is 0 Å². The van der Waals surface area contributed by atoms with E-state index in [2.05, 4.69) is 0 Å². The zero-order valence-electron chi connectivity index (χ0n) is 20.2. The van der Waals surface area contributed by atoms with Crippen molar-refractivity contribution in [3.8, 4) is 0 Å². The van der Waals surface area contributed by atoms with Crippen molar-refractivity contribution < 1.29 is 376 Å². The predicted octanol–water partition coefficient (Wildman–Crippen LogP) is -44.9. The van der Waals surface area contributed by atoms with Crippen LogP contribution in [0.15, 0.2) is 0 Å². The maximum absolute atomic E-state index is 8.59. The van der Waals surface area contributed by atoms with E-state index in [0.717, 1.165) is 0 Å². The van der Waals surface area contributed by atoms with E-state index in [1.54, 1.807) is 0 Å². The number of rotatable bonds is 0. The van der Waals surface area contributed by atoms with Crippen molar-refractivity contribution in [1.29, 1.82) is 0 Å². The summed E-state index contributed by atoms with van der Waals surface area (Å²) in [4.78, 5) is 0. The van der Waals surface area contributed by atoms with Crippen LogP contribution in [0, 0.1) is 0 Å². The Balaban J connectivity index is -0.0000000103. The van der Waals surface area contributed by atoms with Crippen molar-refractivity contribution in [2.75, 3.05) is 0 Å². The molecule has 160 valence electrons. The monoisotopic (exact) mass is 949 g/mol. The first-order chi connectivity index (χ1) is 10.0. The summed E-state index contributed by atoms with van der Waals surface area (Å²) in [6, 6.07) is 0. The first-order valence-corrected chi connectivity index (χ1v) is 17.3. The topological polar surface area (TPSA) is 401 Å². The van der Waals surface area contributed by atoms with Gasteiger partial charge < -0.3 is 0 Å². The van der Waals surface area contributed by atoms with Crippen LogP contribution in [-0.2, 0) is 38.3 Å². The maximum atomic E-state index is 8.59. The van der Waals surface area contributed by atoms with Crippen LogP contribution in [0.3, 0.4) is 0 Å². The molecular weight excluding hydrogens is 945 g/mol. The van der Waals surface area contributed by atoms with Crippen LogP contribution in [0.4, 0.5) is 0 Å². The normalized spacial score (nSPS) is 8.29. The van der Waals surface area contributed by atoms with Crippen molar-refractivity contribution in [3.05, 3.63) is 0 Å². The summed E-state index contributed by atoms with van der Waals surface area (Å²) in [7, 11) is 0. The zero-order chi connectivity index (χ0) is 22.5. The molecule has 0 fully saturated rings. The fourth-order valence-corrected chi connectivity index (χ4v) is 0. The van der Waals surface area contributed by atoms with Gasteiger partial charge >= 0.3 is 443 Å². The summed E-state index contributed by atoms with van der Waals surface area (Å²) in [5, 5.41) is 0. The van der Waals surface area contributed by atoms with Gasteiger partial charge in [-0.3, -0.25) is 0 Å². The molecule has 0 aromatic rings. The fraction of sp³-hybridized carbons (Fsp3) is 0. The van der Waals surface area contributed by atoms with Crippen LogP contribution in [0.2, 0.25) is 0 Å². The molecule has 0 rings (SSSR count). The second kappa shape index (κ2) is 51.0. The second-order valence-electron chi connectivity index (χ2n) is 2.04. The third-order valence-electron chi connectivity index (χ3n) is 0. The van der Waals surface area contributed by atoms with E-state index < -0.39 is 66.8 Å². The first-order valence-electron chi connectivity index (χ1n) is 3.33. The molecule has 0 aromatic heterocycles. The minimum atomic E-state index is -5.75. The molecule has 0 N–H and O–H groups in total. The molecule has 20 nitrogen and oxygen atoms in total.